The van der Waals surface area contributed by atoms with Crippen molar-refractivity contribution < 1.29 is 81.2 Å². The zero-order chi connectivity index (χ0) is 59.9. The highest BCUT2D eigenvalue weighted by molar-refractivity contribution is 5.99. The van der Waals surface area contributed by atoms with Gasteiger partial charge in [-0.15, -0.1) is 0 Å². The van der Waals surface area contributed by atoms with Crippen LogP contribution in [-0.4, -0.2) is 151 Å². The number of alkyl carbamates (subject to hydrolysis) is 1. The minimum absolute atomic E-state index is 0.0208. The Bertz CT molecular complexity index is 2740. The molecular formula is C57H72N8O18. The first-order chi connectivity index (χ1) is 40.0. The smallest absolute Gasteiger partial charge is 0.469 e. The Morgan fingerprint density at radius 3 is 1.81 bits per heavy atom. The zero-order valence-corrected chi connectivity index (χ0v) is 46.5. The molecule has 0 saturated carbocycles. The molecule has 0 aliphatic heterocycles. The summed E-state index contributed by atoms with van der Waals surface area (Å²) < 4.78 is 42.6. The maximum Gasteiger partial charge on any atom is 0.514 e. The number of hydrogen-bond donors (Lipinski definition) is 7. The Kier molecular flexibility index (Phi) is 27.6. The summed E-state index contributed by atoms with van der Waals surface area (Å²) in [7, 11) is 1.18. The second-order valence-corrected chi connectivity index (χ2v) is 19.0. The first-order valence-electron chi connectivity index (χ1n) is 26.9. The number of nitrogens with zero attached hydrogens (tertiary/aromatic N) is 1. The lowest BCUT2D eigenvalue weighted by Crippen LogP contribution is -2.58. The minimum atomic E-state index is -1.27. The van der Waals surface area contributed by atoms with Gasteiger partial charge >= 0.3 is 24.2 Å². The summed E-state index contributed by atoms with van der Waals surface area (Å²) >= 11 is 0. The number of amides is 7. The SMILES string of the molecule is COC(=O)CC[C@H](NC(=O)CCOCCOCCOCCOCCNC(=O)OCC1c2ccccc2-c2ccccc21)C(=O)N[C@H](C(=O)N[C@@H](CCCNC(N)=O)C(=O)Nc1ccc(COC(=O)Oc2ccc([N+](=O)[O-])cc2)cc1)C(C)C. The molecule has 448 valence electrons. The number of fused-ring (bicyclic) bond motifs is 3. The molecule has 0 radical (unpaired) electrons. The number of ether oxygens (including phenoxy) is 8. The van der Waals surface area contributed by atoms with E-state index in [9.17, 15) is 48.5 Å². The molecule has 5 rings (SSSR count). The lowest BCUT2D eigenvalue weighted by atomic mass is 9.98. The van der Waals surface area contributed by atoms with Crippen molar-refractivity contribution in [3.63, 3.8) is 0 Å². The molecule has 0 bridgehead atoms. The van der Waals surface area contributed by atoms with Gasteiger partial charge in [0.2, 0.25) is 23.6 Å². The summed E-state index contributed by atoms with van der Waals surface area (Å²) in [6, 6.07) is 22.7. The standard InChI is InChI=1S/C57H72N8O18/c1-37(2)51(54(70)63-47(13-8-25-59-55(58)71)52(68)61-39-16-14-38(15-17-39)35-82-57(73)83-41-20-18-40(19-21-41)65(74)75)64-53(69)48(22-23-50(67)76-3)62-49(66)24-27-77-29-31-79-33-34-80-32-30-78-28-26-60-56(72)81-36-46-44-11-6-4-9-42(44)43-10-5-7-12-45(43)46/h4-7,9-12,14-21,37,46-48,51H,8,13,22-36H2,1-3H3,(H,60,72)(H,61,68)(H,62,66)(H,63,70)(H,64,69)(H3,58,59,71)/t47-,48-,51-/m0/s1. The number of anilines is 1. The summed E-state index contributed by atoms with van der Waals surface area (Å²) in [6.45, 7) is 5.44. The number of primary amides is 1. The van der Waals surface area contributed by atoms with Gasteiger partial charge in [-0.2, -0.15) is 0 Å². The van der Waals surface area contributed by atoms with Gasteiger partial charge in [-0.25, -0.2) is 14.4 Å². The Morgan fingerprint density at radius 1 is 0.627 bits per heavy atom. The molecular weight excluding hydrogens is 1080 g/mol. The van der Waals surface area contributed by atoms with Crippen molar-refractivity contribution in [2.75, 3.05) is 85.0 Å². The maximum atomic E-state index is 13.9. The number of carbonyl (C=O) groups is 8. The van der Waals surface area contributed by atoms with E-state index in [1.165, 1.54) is 43.5 Å². The van der Waals surface area contributed by atoms with Gasteiger partial charge in [0.15, 0.2) is 0 Å². The van der Waals surface area contributed by atoms with Crippen molar-refractivity contribution in [3.8, 4) is 16.9 Å². The number of non-ortho nitro benzene ring substituents is 1. The Hall–Kier alpha value is -8.72. The Morgan fingerprint density at radius 2 is 1.22 bits per heavy atom. The van der Waals surface area contributed by atoms with E-state index in [0.29, 0.717) is 31.1 Å². The molecule has 83 heavy (non-hydrogen) atoms. The predicted octanol–water partition coefficient (Wildman–Crippen LogP) is 4.76. The van der Waals surface area contributed by atoms with Crippen molar-refractivity contribution in [2.45, 2.75) is 76.6 Å². The van der Waals surface area contributed by atoms with E-state index in [2.05, 4.69) is 56.2 Å². The monoisotopic (exact) mass is 1160 g/mol. The molecule has 4 aromatic rings. The van der Waals surface area contributed by atoms with Crippen molar-refractivity contribution >= 4 is 59.3 Å². The number of nitro benzene ring substituents is 1. The van der Waals surface area contributed by atoms with Crippen LogP contribution in [0.3, 0.4) is 0 Å². The van der Waals surface area contributed by atoms with E-state index < -0.39 is 76.8 Å². The second kappa shape index (κ2) is 35.2. The third kappa shape index (κ3) is 23.0. The fourth-order valence-electron chi connectivity index (χ4n) is 8.36. The van der Waals surface area contributed by atoms with Gasteiger partial charge in [0, 0.05) is 49.7 Å². The zero-order valence-electron chi connectivity index (χ0n) is 46.5. The fraction of sp³-hybridized carbons (Fsp3) is 0.439. The van der Waals surface area contributed by atoms with Crippen molar-refractivity contribution in [1.82, 2.24) is 26.6 Å². The molecule has 3 atom stereocenters. The predicted molar refractivity (Wildman–Crippen MR) is 299 cm³/mol. The van der Waals surface area contributed by atoms with Gasteiger partial charge in [-0.05, 0) is 77.3 Å². The number of hydrogen-bond acceptors (Lipinski definition) is 18. The quantitative estimate of drug-likeness (QED) is 0.00806. The molecule has 0 unspecified atom stereocenters. The van der Waals surface area contributed by atoms with Crippen LogP contribution in [0.15, 0.2) is 97.1 Å². The minimum Gasteiger partial charge on any atom is -0.469 e. The highest BCUT2D eigenvalue weighted by atomic mass is 16.7. The third-order valence-electron chi connectivity index (χ3n) is 12.6. The van der Waals surface area contributed by atoms with Crippen LogP contribution in [0.4, 0.5) is 25.8 Å². The third-order valence-corrected chi connectivity index (χ3v) is 12.6. The molecule has 26 heteroatoms. The largest absolute Gasteiger partial charge is 0.514 e. The summed E-state index contributed by atoms with van der Waals surface area (Å²) in [5.41, 5.74) is 10.4. The molecule has 0 saturated heterocycles. The van der Waals surface area contributed by atoms with Gasteiger partial charge in [0.1, 0.15) is 37.1 Å². The van der Waals surface area contributed by atoms with Crippen molar-refractivity contribution in [2.24, 2.45) is 11.7 Å². The number of nitrogens with one attached hydrogen (secondary N) is 6. The topological polar surface area (TPSA) is 352 Å². The average Bonchev–Trinajstić information content (AvgIpc) is 2.57. The van der Waals surface area contributed by atoms with Crippen LogP contribution in [0.5, 0.6) is 5.75 Å². The highest BCUT2D eigenvalue weighted by Gasteiger charge is 2.33. The van der Waals surface area contributed by atoms with E-state index in [0.717, 1.165) is 22.3 Å². The number of methoxy groups -OCH3 is 1. The number of urea groups is 1. The molecule has 0 aromatic heterocycles. The van der Waals surface area contributed by atoms with E-state index in [-0.39, 0.29) is 109 Å². The molecule has 8 N–H and O–H groups in total. The molecule has 26 nitrogen and oxygen atoms in total. The van der Waals surface area contributed by atoms with Gasteiger partial charge in [-0.3, -0.25) is 34.1 Å². The molecule has 0 heterocycles. The Balaban J connectivity index is 0.971. The Labute approximate surface area is 479 Å². The van der Waals surface area contributed by atoms with Crippen LogP contribution in [0.2, 0.25) is 0 Å². The first-order valence-corrected chi connectivity index (χ1v) is 26.9. The molecule has 7 amide bonds. The normalized spacial score (nSPS) is 12.5. The van der Waals surface area contributed by atoms with Crippen LogP contribution < -0.4 is 42.4 Å². The summed E-state index contributed by atoms with van der Waals surface area (Å²) in [5.74, 6) is -3.92. The van der Waals surface area contributed by atoms with Crippen LogP contribution in [0, 0.1) is 16.0 Å². The number of nitro groups is 1. The van der Waals surface area contributed by atoms with Crippen molar-refractivity contribution in [1.29, 1.82) is 0 Å². The number of nitrogens with two attached hydrogens (primary N) is 1. The summed E-state index contributed by atoms with van der Waals surface area (Å²) in [5, 5.41) is 26.7. The average molecular weight is 1160 g/mol. The maximum absolute atomic E-state index is 13.9. The fourth-order valence-corrected chi connectivity index (χ4v) is 8.36. The number of benzene rings is 4. The van der Waals surface area contributed by atoms with Crippen LogP contribution in [-0.2, 0) is 63.7 Å². The second-order valence-electron chi connectivity index (χ2n) is 19.0. The van der Waals surface area contributed by atoms with E-state index in [4.69, 9.17) is 43.6 Å². The number of carbonyl (C=O) groups excluding carboxylic acids is 8. The van der Waals surface area contributed by atoms with Gasteiger partial charge in [0.05, 0.1) is 64.9 Å². The van der Waals surface area contributed by atoms with E-state index >= 15 is 0 Å². The number of esters is 1. The van der Waals surface area contributed by atoms with E-state index in [1.54, 1.807) is 26.0 Å². The lowest BCUT2D eigenvalue weighted by Gasteiger charge is -2.27. The molecule has 0 spiro atoms. The molecule has 1 aliphatic carbocycles. The lowest BCUT2D eigenvalue weighted by molar-refractivity contribution is -0.384. The van der Waals surface area contributed by atoms with E-state index in [1.807, 2.05) is 24.3 Å². The first kappa shape index (κ1) is 65.1. The summed E-state index contributed by atoms with van der Waals surface area (Å²) in [6.07, 6.45) is -1.92. The molecule has 4 aromatic carbocycles. The van der Waals surface area contributed by atoms with Crippen LogP contribution in [0.1, 0.15) is 68.6 Å². The van der Waals surface area contributed by atoms with Crippen LogP contribution in [0.25, 0.3) is 11.1 Å². The van der Waals surface area contributed by atoms with Crippen LogP contribution >= 0.6 is 0 Å². The van der Waals surface area contributed by atoms with Crippen molar-refractivity contribution in [3.05, 3.63) is 124 Å². The number of rotatable bonds is 36. The van der Waals surface area contributed by atoms with Gasteiger partial charge in [-0.1, -0.05) is 74.5 Å². The summed E-state index contributed by atoms with van der Waals surface area (Å²) in [4.78, 5) is 113. The molecule has 1 aliphatic rings. The highest BCUT2D eigenvalue weighted by Crippen LogP contribution is 2.44. The molecule has 0 fully saturated rings. The van der Waals surface area contributed by atoms with Gasteiger partial charge in [0.25, 0.3) is 5.69 Å². The van der Waals surface area contributed by atoms with Gasteiger partial charge < -0.3 is 75.5 Å².